The summed E-state index contributed by atoms with van der Waals surface area (Å²) in [5.74, 6) is -4.94. The van der Waals surface area contributed by atoms with Crippen molar-refractivity contribution in [3.63, 3.8) is 0 Å². The number of nitrogens with one attached hydrogen (secondary N) is 4. The van der Waals surface area contributed by atoms with Crippen molar-refractivity contribution in [2.24, 2.45) is 10.3 Å². The summed E-state index contributed by atoms with van der Waals surface area (Å²) >= 11 is 5.14. The van der Waals surface area contributed by atoms with Crippen LogP contribution >= 0.6 is 46.2 Å². The number of benzene rings is 1. The number of carbonyl (C=O) groups excluding carboxylic acids is 9. The Hall–Kier alpha value is -10.1. The first-order chi connectivity index (χ1) is 43.1. The Kier molecular flexibility index (Phi) is 24.4. The maximum Gasteiger partial charge on any atom is 0.355 e. The van der Waals surface area contributed by atoms with Crippen molar-refractivity contribution in [2.45, 2.75) is 82.2 Å². The van der Waals surface area contributed by atoms with Gasteiger partial charge >= 0.3 is 11.9 Å². The molecule has 2 fully saturated rings. The Bertz CT molecular complexity index is 3880. The van der Waals surface area contributed by atoms with E-state index in [1.807, 2.05) is 46.6 Å². The van der Waals surface area contributed by atoms with E-state index in [0.717, 1.165) is 27.2 Å². The summed E-state index contributed by atoms with van der Waals surface area (Å²) in [6.45, 7) is 6.91. The minimum atomic E-state index is -1.46. The summed E-state index contributed by atoms with van der Waals surface area (Å²) < 4.78 is 19.8. The van der Waals surface area contributed by atoms with E-state index < -0.39 is 88.2 Å². The number of hydrogen-bond donors (Lipinski definition) is 4. The van der Waals surface area contributed by atoms with Gasteiger partial charge in [-0.05, 0) is 90.5 Å². The summed E-state index contributed by atoms with van der Waals surface area (Å²) in [6.07, 6.45) is 9.91. The second kappa shape index (κ2) is 31.6. The number of hydrogen-bond acceptors (Lipinski definition) is 23. The number of thiophene rings is 2. The number of carboxylic acid groups (broad SMARTS) is 1. The van der Waals surface area contributed by atoms with Crippen LogP contribution in [0.4, 0.5) is 9.41 Å². The molecule has 4 aromatic heterocycles. The highest BCUT2D eigenvalue weighted by atomic mass is 32.2. The van der Waals surface area contributed by atoms with Crippen LogP contribution in [0.3, 0.4) is 0 Å². The second-order valence-corrected chi connectivity index (χ2v) is 24.8. The summed E-state index contributed by atoms with van der Waals surface area (Å²) in [5.41, 5.74) is 3.98. The predicted octanol–water partition coefficient (Wildman–Crippen LogP) is 2.70. The molecular weight excluding hydrogens is 1280 g/mol. The lowest BCUT2D eigenvalue weighted by Crippen LogP contribution is -2.71. The smallest absolute Gasteiger partial charge is 0.355 e. The molecule has 4 N–H and O–H groups in total. The number of β-lactam (4-membered cyclic amide) rings is 2. The molecule has 0 radical (unpaired) electrons. The number of carboxylic acids is 1. The predicted molar refractivity (Wildman–Crippen MR) is 328 cm³/mol. The Morgan fingerprint density at radius 1 is 0.685 bits per heavy atom. The summed E-state index contributed by atoms with van der Waals surface area (Å²) in [4.78, 5) is 127. The third kappa shape index (κ3) is 16.8. The zero-order chi connectivity index (χ0) is 65.0. The van der Waals surface area contributed by atoms with E-state index in [0.29, 0.717) is 43.7 Å². The molecule has 6 amide bonds. The Morgan fingerprint density at radius 2 is 1.15 bits per heavy atom. The number of aliphatic carboxylic acids is 1. The van der Waals surface area contributed by atoms with E-state index in [4.69, 9.17) is 29.6 Å². The molecule has 1 aromatic carbocycles. The van der Waals surface area contributed by atoms with Crippen LogP contribution in [-0.4, -0.2) is 136 Å². The molecule has 8 heterocycles. The second-order valence-electron chi connectivity index (χ2n) is 20.7. The van der Waals surface area contributed by atoms with Gasteiger partial charge in [0.1, 0.15) is 66.4 Å². The molecule has 0 aliphatic carbocycles. The van der Waals surface area contributed by atoms with Crippen molar-refractivity contribution in [3.8, 4) is 40.4 Å². The average Bonchev–Trinajstić information content (AvgIpc) is 0.827. The minimum absolute atomic E-state index is 0. The summed E-state index contributed by atoms with van der Waals surface area (Å²) in [7, 11) is 4.08. The van der Waals surface area contributed by atoms with Crippen molar-refractivity contribution in [3.05, 3.63) is 134 Å². The van der Waals surface area contributed by atoms with E-state index in [-0.39, 0.29) is 51.9 Å². The number of nitriles is 2. The van der Waals surface area contributed by atoms with Gasteiger partial charge in [0.2, 0.25) is 0 Å². The van der Waals surface area contributed by atoms with Gasteiger partial charge in [-0.3, -0.25) is 63.4 Å². The number of pyridine rings is 2. The first-order valence-electron chi connectivity index (χ1n) is 27.0. The van der Waals surface area contributed by atoms with Crippen molar-refractivity contribution in [1.82, 2.24) is 31.1 Å². The molecule has 33 heteroatoms. The molecule has 92 heavy (non-hydrogen) atoms. The van der Waals surface area contributed by atoms with Crippen LogP contribution in [0.1, 0.15) is 59.0 Å². The topological polar surface area (TPSA) is 358 Å². The quantitative estimate of drug-likeness (QED) is 0.0156. The maximum atomic E-state index is 13.8. The van der Waals surface area contributed by atoms with Crippen LogP contribution in [-0.2, 0) is 72.4 Å². The van der Waals surface area contributed by atoms with Gasteiger partial charge in [-0.25, -0.2) is 13.9 Å². The number of ether oxygens (including phenoxy) is 3. The number of rotatable bonds is 21. The fourth-order valence-corrected chi connectivity index (χ4v) is 13.6. The molecule has 4 unspecified atom stereocenters. The number of fused-ring (bicyclic) bond motifs is 2. The number of methoxy groups -OCH3 is 1. The molecule has 2 saturated heterocycles. The van der Waals surface area contributed by atoms with Gasteiger partial charge in [-0.2, -0.15) is 10.5 Å². The zero-order valence-electron chi connectivity index (χ0n) is 49.9. The Labute approximate surface area is 540 Å². The van der Waals surface area contributed by atoms with Crippen LogP contribution in [0, 0.1) is 22.9 Å². The van der Waals surface area contributed by atoms with E-state index >= 15 is 0 Å². The lowest BCUT2D eigenvalue weighted by Gasteiger charge is -2.50. The van der Waals surface area contributed by atoms with E-state index in [1.54, 1.807) is 99.0 Å². The number of esters is 2. The molecule has 27 nitrogen and oxygen atoms in total. The molecule has 4 atom stereocenters. The first-order valence-corrected chi connectivity index (χ1v) is 30.8. The third-order valence-corrected chi connectivity index (χ3v) is 18.1. The summed E-state index contributed by atoms with van der Waals surface area (Å²) in [6, 6.07) is 15.8. The highest BCUT2D eigenvalue weighted by Crippen LogP contribution is 2.42. The molecule has 5 aromatic rings. The largest absolute Gasteiger partial charge is 0.543 e. The Balaban J connectivity index is 0.000000303. The Morgan fingerprint density at radius 3 is 1.60 bits per heavy atom. The fraction of sp³-hybridized carbons (Fsp3) is 0.305. The molecule has 482 valence electrons. The van der Waals surface area contributed by atoms with Gasteiger partial charge in [0, 0.05) is 46.9 Å². The molecule has 4 aliphatic rings. The lowest BCUT2D eigenvalue weighted by molar-refractivity contribution is -0.689. The summed E-state index contributed by atoms with van der Waals surface area (Å²) in [5, 5.41) is 48.4. The third-order valence-electron chi connectivity index (χ3n) is 13.5. The van der Waals surface area contributed by atoms with E-state index in [1.165, 1.54) is 72.2 Å². The SMILES string of the molecule is CO/N=C(\CC(=O)OC(C)(C)C)C(=O)NC1C(=O)N2C(C(=O)OCc3ccc(OC)cc3)=C(C[n+]3ccc(-c4csc(C(=O)NC#N)c4)cc3)CSC12.CON=C(C)C(=O)NC1C(=O)N2C(C(=O)[O-])=C(C[n+]3ccc(-c4csc(C(=O)NC#N)c4)cc3)CSC12.F.F. The molecule has 0 saturated carbocycles. The number of carbonyl (C=O) groups is 9. The zero-order valence-corrected chi connectivity index (χ0v) is 53.2. The van der Waals surface area contributed by atoms with Crippen LogP contribution < -0.4 is 40.2 Å². The standard InChI is InChI=1S/C36H36N6O9S2.C23H20N6O6S2.2FH/c1-36(2,3)51-28(43)15-26(40-49-5)31(44)39-29-33(46)42-30(35(47)50-17-21-6-8-25(48-4)9-7-21)24(19-53-34(29)42)16-41-12-10-22(11-13-41)23-14-27(52-18-23)32(45)38-20-37;1-12(27-35-2)19(30)26-17-21(32)29-18(23(33)34)15(10-37-22(17)29)8-28-5-3-13(4-6-28)14-7-16(36-9-14)20(31)25-11-24;;/h6-14,18,29,34H,15-17,19H2,1-5H3,(H-,38,39,44,45);3-7,9,17,22H,8,10H2,1-2H3,(H2-,25,26,30,31,33,34);2*1H/p+1/b40-26+;;;. The molecular formula is C59H59F2N12O15S4+. The van der Waals surface area contributed by atoms with Crippen LogP contribution in [0.2, 0.25) is 0 Å². The van der Waals surface area contributed by atoms with Crippen molar-refractivity contribution < 1.29 is 90.7 Å². The van der Waals surface area contributed by atoms with Crippen molar-refractivity contribution in [2.75, 3.05) is 32.8 Å². The van der Waals surface area contributed by atoms with Crippen LogP contribution in [0.15, 0.2) is 129 Å². The van der Waals surface area contributed by atoms with E-state index in [9.17, 15) is 48.3 Å². The van der Waals surface area contributed by atoms with Gasteiger partial charge in [0.05, 0.1) is 35.0 Å². The van der Waals surface area contributed by atoms with Gasteiger partial charge in [0.15, 0.2) is 56.0 Å². The van der Waals surface area contributed by atoms with Gasteiger partial charge in [0.25, 0.3) is 35.4 Å². The number of amides is 6. The number of halogens is 2. The van der Waals surface area contributed by atoms with E-state index in [2.05, 4.69) is 36.4 Å². The highest BCUT2D eigenvalue weighted by molar-refractivity contribution is 8.00. The number of aromatic nitrogens is 2. The van der Waals surface area contributed by atoms with Crippen LogP contribution in [0.25, 0.3) is 22.3 Å². The number of thioether (sulfide) groups is 2. The minimum Gasteiger partial charge on any atom is -0.543 e. The normalized spacial score (nSPS) is 17.3. The first kappa shape index (κ1) is 71.0. The average molecular weight is 1340 g/mol. The van der Waals surface area contributed by atoms with Crippen molar-refractivity contribution in [1.29, 1.82) is 10.5 Å². The van der Waals surface area contributed by atoms with Crippen molar-refractivity contribution >= 4 is 111 Å². The van der Waals surface area contributed by atoms with Gasteiger partial charge in [-0.15, -0.1) is 46.2 Å². The highest BCUT2D eigenvalue weighted by Gasteiger charge is 2.56. The lowest BCUT2D eigenvalue weighted by atomic mass is 10.0. The van der Waals surface area contributed by atoms with Crippen LogP contribution in [0.5, 0.6) is 5.75 Å². The molecule has 9 rings (SSSR count). The number of nitrogens with zero attached hydrogens (tertiary/aromatic N) is 8. The molecule has 0 bridgehead atoms. The maximum absolute atomic E-state index is 13.8. The fourth-order valence-electron chi connectivity index (χ4n) is 9.34. The van der Waals surface area contributed by atoms with Gasteiger partial charge < -0.3 is 44.4 Å². The molecule has 0 spiro atoms. The monoisotopic (exact) mass is 1340 g/mol. The molecule has 4 aliphatic heterocycles. The van der Waals surface area contributed by atoms with Gasteiger partial charge in [-0.1, -0.05) is 22.4 Å². The number of oxime groups is 2.